The Morgan fingerprint density at radius 1 is 1.43 bits per heavy atom. The molecule has 74 valence electrons. The molecule has 1 rings (SSSR count). The fourth-order valence-electron chi connectivity index (χ4n) is 1.06. The molecule has 0 radical (unpaired) electrons. The molecule has 0 spiro atoms. The molecule has 0 saturated carbocycles. The first-order valence-corrected chi connectivity index (χ1v) is 4.09. The molecule has 1 aromatic rings. The molecule has 1 amide bonds. The maximum Gasteiger partial charge on any atom is 0.225 e. The number of ether oxygens (including phenoxy) is 1. The minimum atomic E-state index is -0.627. The van der Waals surface area contributed by atoms with Gasteiger partial charge in [-0.3, -0.25) is 9.59 Å². The summed E-state index contributed by atoms with van der Waals surface area (Å²) in [6, 6.07) is 6.60. The Kier molecular flexibility index (Phi) is 3.23. The van der Waals surface area contributed by atoms with Crippen LogP contribution in [0.25, 0.3) is 0 Å². The van der Waals surface area contributed by atoms with E-state index in [9.17, 15) is 9.59 Å². The van der Waals surface area contributed by atoms with Crippen molar-refractivity contribution in [2.24, 2.45) is 5.73 Å². The predicted octanol–water partition coefficient (Wildman–Crippen LogP) is 0.753. The zero-order valence-corrected chi connectivity index (χ0v) is 7.82. The van der Waals surface area contributed by atoms with E-state index in [1.807, 2.05) is 0 Å². The Labute approximate surface area is 81.7 Å². The van der Waals surface area contributed by atoms with Gasteiger partial charge < -0.3 is 10.5 Å². The standard InChI is InChI=1S/C10H11NO3/c1-14-8-4-2-3-7(5-8)9(12)6-10(11)13/h2-5H,6H2,1H3,(H2,11,13). The molecular weight excluding hydrogens is 182 g/mol. The molecule has 0 heterocycles. The number of carbonyl (C=O) groups excluding carboxylic acids is 2. The third kappa shape index (κ3) is 2.58. The van der Waals surface area contributed by atoms with Gasteiger partial charge in [-0.1, -0.05) is 12.1 Å². The van der Waals surface area contributed by atoms with E-state index < -0.39 is 5.91 Å². The lowest BCUT2D eigenvalue weighted by molar-refractivity contribution is -0.117. The van der Waals surface area contributed by atoms with E-state index in [2.05, 4.69) is 0 Å². The summed E-state index contributed by atoms with van der Waals surface area (Å²) in [7, 11) is 1.51. The fraction of sp³-hybridized carbons (Fsp3) is 0.200. The number of primary amides is 1. The normalized spacial score (nSPS) is 9.50. The van der Waals surface area contributed by atoms with Gasteiger partial charge in [0.2, 0.25) is 5.91 Å². The maximum atomic E-state index is 11.4. The maximum absolute atomic E-state index is 11.4. The topological polar surface area (TPSA) is 69.4 Å². The lowest BCUT2D eigenvalue weighted by atomic mass is 10.1. The summed E-state index contributed by atoms with van der Waals surface area (Å²) < 4.78 is 4.94. The number of carbonyl (C=O) groups is 2. The number of methoxy groups -OCH3 is 1. The van der Waals surface area contributed by atoms with Gasteiger partial charge >= 0.3 is 0 Å². The van der Waals surface area contributed by atoms with Gasteiger partial charge in [-0.2, -0.15) is 0 Å². The molecule has 0 atom stereocenters. The number of amides is 1. The van der Waals surface area contributed by atoms with Gasteiger partial charge in [0, 0.05) is 5.56 Å². The monoisotopic (exact) mass is 193 g/mol. The van der Waals surface area contributed by atoms with Gasteiger partial charge in [0.15, 0.2) is 5.78 Å². The van der Waals surface area contributed by atoms with Crippen molar-refractivity contribution < 1.29 is 14.3 Å². The van der Waals surface area contributed by atoms with Crippen LogP contribution in [0.4, 0.5) is 0 Å². The molecule has 4 nitrogen and oxygen atoms in total. The molecule has 0 aliphatic carbocycles. The van der Waals surface area contributed by atoms with Crippen molar-refractivity contribution in [3.05, 3.63) is 29.8 Å². The van der Waals surface area contributed by atoms with Gasteiger partial charge in [0.1, 0.15) is 5.75 Å². The van der Waals surface area contributed by atoms with Crippen LogP contribution in [-0.4, -0.2) is 18.8 Å². The number of hydrogen-bond acceptors (Lipinski definition) is 3. The highest BCUT2D eigenvalue weighted by Gasteiger charge is 2.09. The van der Waals surface area contributed by atoms with Crippen molar-refractivity contribution in [3.63, 3.8) is 0 Å². The second-order valence-electron chi connectivity index (χ2n) is 2.80. The van der Waals surface area contributed by atoms with Crippen molar-refractivity contribution >= 4 is 11.7 Å². The summed E-state index contributed by atoms with van der Waals surface area (Å²) in [6.07, 6.45) is -0.271. The molecule has 0 unspecified atom stereocenters. The van der Waals surface area contributed by atoms with Gasteiger partial charge in [-0.05, 0) is 12.1 Å². The van der Waals surface area contributed by atoms with Crippen molar-refractivity contribution in [2.75, 3.05) is 7.11 Å². The van der Waals surface area contributed by atoms with Crippen LogP contribution in [-0.2, 0) is 4.79 Å². The number of hydrogen-bond donors (Lipinski definition) is 1. The van der Waals surface area contributed by atoms with Gasteiger partial charge in [0.25, 0.3) is 0 Å². The summed E-state index contributed by atoms with van der Waals surface area (Å²) in [4.78, 5) is 21.9. The zero-order valence-electron chi connectivity index (χ0n) is 7.82. The first-order valence-electron chi connectivity index (χ1n) is 4.09. The van der Waals surface area contributed by atoms with Gasteiger partial charge in [-0.25, -0.2) is 0 Å². The largest absolute Gasteiger partial charge is 0.497 e. The van der Waals surface area contributed by atoms with Crippen LogP contribution in [0.1, 0.15) is 16.8 Å². The van der Waals surface area contributed by atoms with E-state index in [1.165, 1.54) is 7.11 Å². The Balaban J connectivity index is 2.84. The Hall–Kier alpha value is -1.84. The Bertz CT molecular complexity index is 360. The van der Waals surface area contributed by atoms with E-state index in [4.69, 9.17) is 10.5 Å². The lowest BCUT2D eigenvalue weighted by Crippen LogP contribution is -2.16. The molecule has 14 heavy (non-hydrogen) atoms. The molecule has 0 aliphatic heterocycles. The average Bonchev–Trinajstić information content (AvgIpc) is 2.17. The molecule has 1 aromatic carbocycles. The quantitative estimate of drug-likeness (QED) is 0.566. The molecule has 0 fully saturated rings. The second kappa shape index (κ2) is 4.41. The van der Waals surface area contributed by atoms with Crippen LogP contribution >= 0.6 is 0 Å². The van der Waals surface area contributed by atoms with Crippen LogP contribution in [0.15, 0.2) is 24.3 Å². The summed E-state index contributed by atoms with van der Waals surface area (Å²) in [5, 5.41) is 0. The first kappa shape index (κ1) is 10.2. The third-order valence-corrected chi connectivity index (χ3v) is 1.73. The van der Waals surface area contributed by atoms with Crippen molar-refractivity contribution in [1.29, 1.82) is 0 Å². The van der Waals surface area contributed by atoms with Crippen LogP contribution in [0.2, 0.25) is 0 Å². The minimum Gasteiger partial charge on any atom is -0.497 e. The highest BCUT2D eigenvalue weighted by Crippen LogP contribution is 2.13. The van der Waals surface area contributed by atoms with Crippen molar-refractivity contribution in [1.82, 2.24) is 0 Å². The van der Waals surface area contributed by atoms with Crippen LogP contribution in [0, 0.1) is 0 Å². The summed E-state index contributed by atoms with van der Waals surface area (Å²) in [5.74, 6) is -0.338. The number of Topliss-reactive ketones (excluding diaryl/α,β-unsaturated/α-hetero) is 1. The second-order valence-corrected chi connectivity index (χ2v) is 2.80. The molecule has 0 aliphatic rings. The van der Waals surface area contributed by atoms with Crippen molar-refractivity contribution in [3.8, 4) is 5.75 Å². The summed E-state index contributed by atoms with van der Waals surface area (Å²) in [6.45, 7) is 0. The lowest BCUT2D eigenvalue weighted by Gasteiger charge is -2.01. The number of nitrogens with two attached hydrogens (primary N) is 1. The number of ketones is 1. The highest BCUT2D eigenvalue weighted by atomic mass is 16.5. The molecule has 0 aromatic heterocycles. The molecule has 0 bridgehead atoms. The summed E-state index contributed by atoms with van der Waals surface area (Å²) in [5.41, 5.74) is 5.34. The molecule has 2 N–H and O–H groups in total. The predicted molar refractivity (Wildman–Crippen MR) is 51.1 cm³/mol. The van der Waals surface area contributed by atoms with Crippen LogP contribution in [0.5, 0.6) is 5.75 Å². The zero-order chi connectivity index (χ0) is 10.6. The van der Waals surface area contributed by atoms with E-state index >= 15 is 0 Å². The number of rotatable bonds is 4. The van der Waals surface area contributed by atoms with E-state index in [0.717, 1.165) is 0 Å². The van der Waals surface area contributed by atoms with Crippen molar-refractivity contribution in [2.45, 2.75) is 6.42 Å². The minimum absolute atomic E-state index is 0.271. The molecule has 0 saturated heterocycles. The van der Waals surface area contributed by atoms with E-state index in [-0.39, 0.29) is 12.2 Å². The SMILES string of the molecule is COc1cccc(C(=O)CC(N)=O)c1. The third-order valence-electron chi connectivity index (χ3n) is 1.73. The fourth-order valence-corrected chi connectivity index (χ4v) is 1.06. The van der Waals surface area contributed by atoms with Gasteiger partial charge in [-0.15, -0.1) is 0 Å². The molecular formula is C10H11NO3. The first-order chi connectivity index (χ1) is 6.63. The Morgan fingerprint density at radius 2 is 2.14 bits per heavy atom. The highest BCUT2D eigenvalue weighted by molar-refractivity contribution is 6.07. The van der Waals surface area contributed by atoms with Crippen LogP contribution in [0.3, 0.4) is 0 Å². The smallest absolute Gasteiger partial charge is 0.225 e. The number of benzene rings is 1. The van der Waals surface area contributed by atoms with E-state index in [1.54, 1.807) is 24.3 Å². The average molecular weight is 193 g/mol. The Morgan fingerprint density at radius 3 is 2.71 bits per heavy atom. The van der Waals surface area contributed by atoms with E-state index in [0.29, 0.717) is 11.3 Å². The summed E-state index contributed by atoms with van der Waals surface area (Å²) >= 11 is 0. The van der Waals surface area contributed by atoms with Gasteiger partial charge in [0.05, 0.1) is 13.5 Å². The molecule has 4 heteroatoms. The van der Waals surface area contributed by atoms with Crippen LogP contribution < -0.4 is 10.5 Å².